The maximum Gasteiger partial charge on any atom is 0.323 e. The van der Waals surface area contributed by atoms with E-state index in [-0.39, 0.29) is 23.8 Å². The minimum atomic E-state index is -0.404. The number of hydrogen-bond acceptors (Lipinski definition) is 5. The number of para-hydroxylation sites is 1. The van der Waals surface area contributed by atoms with E-state index in [2.05, 4.69) is 0 Å². The summed E-state index contributed by atoms with van der Waals surface area (Å²) in [5, 5.41) is 10.9. The minimum absolute atomic E-state index is 0.0776. The summed E-state index contributed by atoms with van der Waals surface area (Å²) in [5.74, 6) is -0.256. The van der Waals surface area contributed by atoms with E-state index < -0.39 is 4.92 Å². The standard InChI is InChI=1S/C13H16N2O4/c1-9-7-12(13(16)19-9)14(2)8-10-5-3-4-6-11(10)15(17)18/h3-6,9,12H,7-8H2,1-2H3/t9-,12+/m1/s1. The molecular formula is C13H16N2O4. The monoisotopic (exact) mass is 264 g/mol. The summed E-state index contributed by atoms with van der Waals surface area (Å²) in [7, 11) is 1.78. The summed E-state index contributed by atoms with van der Waals surface area (Å²) < 4.78 is 5.10. The van der Waals surface area contributed by atoms with Crippen LogP contribution in [-0.4, -0.2) is 35.0 Å². The van der Waals surface area contributed by atoms with Gasteiger partial charge in [-0.2, -0.15) is 0 Å². The van der Waals surface area contributed by atoms with E-state index >= 15 is 0 Å². The first-order valence-electron chi connectivity index (χ1n) is 6.12. The van der Waals surface area contributed by atoms with Crippen LogP contribution in [0.25, 0.3) is 0 Å². The van der Waals surface area contributed by atoms with Crippen LogP contribution in [0.5, 0.6) is 0 Å². The molecule has 1 aromatic rings. The molecule has 1 heterocycles. The summed E-state index contributed by atoms with van der Waals surface area (Å²) in [6, 6.07) is 6.24. The Kier molecular flexibility index (Phi) is 3.80. The van der Waals surface area contributed by atoms with Crippen molar-refractivity contribution in [1.29, 1.82) is 0 Å². The lowest BCUT2D eigenvalue weighted by Crippen LogP contribution is -2.34. The van der Waals surface area contributed by atoms with Crippen LogP contribution in [0.15, 0.2) is 24.3 Å². The van der Waals surface area contributed by atoms with Gasteiger partial charge in [0.15, 0.2) is 0 Å². The fourth-order valence-electron chi connectivity index (χ4n) is 2.30. The van der Waals surface area contributed by atoms with Crippen LogP contribution >= 0.6 is 0 Å². The van der Waals surface area contributed by atoms with Gasteiger partial charge in [-0.15, -0.1) is 0 Å². The van der Waals surface area contributed by atoms with Gasteiger partial charge in [-0.25, -0.2) is 0 Å². The van der Waals surface area contributed by atoms with Crippen molar-refractivity contribution in [2.24, 2.45) is 0 Å². The number of nitrogens with zero attached hydrogens (tertiary/aromatic N) is 2. The molecule has 1 aromatic carbocycles. The molecule has 0 bridgehead atoms. The summed E-state index contributed by atoms with van der Waals surface area (Å²) in [6.45, 7) is 2.19. The van der Waals surface area contributed by atoms with Gasteiger partial charge in [0.25, 0.3) is 5.69 Å². The van der Waals surface area contributed by atoms with Crippen molar-refractivity contribution in [2.75, 3.05) is 7.05 Å². The van der Waals surface area contributed by atoms with Gasteiger partial charge < -0.3 is 4.74 Å². The molecule has 6 nitrogen and oxygen atoms in total. The first-order valence-corrected chi connectivity index (χ1v) is 6.12. The number of ether oxygens (including phenoxy) is 1. The normalized spacial score (nSPS) is 22.6. The van der Waals surface area contributed by atoms with E-state index in [1.165, 1.54) is 6.07 Å². The zero-order valence-electron chi connectivity index (χ0n) is 10.9. The van der Waals surface area contributed by atoms with Crippen molar-refractivity contribution >= 4 is 11.7 Å². The molecule has 2 atom stereocenters. The number of likely N-dealkylation sites (N-methyl/N-ethyl adjacent to an activating group) is 1. The van der Waals surface area contributed by atoms with E-state index in [4.69, 9.17) is 4.74 Å². The second-order valence-corrected chi connectivity index (χ2v) is 4.80. The van der Waals surface area contributed by atoms with Crippen LogP contribution in [0, 0.1) is 10.1 Å². The average Bonchev–Trinajstić information content (AvgIpc) is 2.69. The molecule has 0 unspecified atom stereocenters. The summed E-state index contributed by atoms with van der Waals surface area (Å²) in [4.78, 5) is 24.0. The molecule has 0 N–H and O–H groups in total. The van der Waals surface area contributed by atoms with Crippen molar-refractivity contribution in [2.45, 2.75) is 32.0 Å². The summed E-state index contributed by atoms with van der Waals surface area (Å²) in [6.07, 6.45) is 0.529. The van der Waals surface area contributed by atoms with Crippen LogP contribution in [0.1, 0.15) is 18.9 Å². The molecule has 0 saturated carbocycles. The molecule has 0 aliphatic carbocycles. The number of esters is 1. The van der Waals surface area contributed by atoms with Crippen molar-refractivity contribution in [1.82, 2.24) is 4.90 Å². The maximum atomic E-state index is 11.6. The van der Waals surface area contributed by atoms with Crippen LogP contribution < -0.4 is 0 Å². The van der Waals surface area contributed by atoms with Gasteiger partial charge in [0.1, 0.15) is 12.1 Å². The van der Waals surface area contributed by atoms with Gasteiger partial charge in [0.2, 0.25) is 0 Å². The molecule has 6 heteroatoms. The van der Waals surface area contributed by atoms with Gasteiger partial charge in [0, 0.05) is 24.6 Å². The Morgan fingerprint density at radius 2 is 2.16 bits per heavy atom. The number of cyclic esters (lactones) is 1. The fourth-order valence-corrected chi connectivity index (χ4v) is 2.30. The lowest BCUT2D eigenvalue weighted by Gasteiger charge is -2.20. The lowest BCUT2D eigenvalue weighted by atomic mass is 10.1. The molecule has 0 aromatic heterocycles. The van der Waals surface area contributed by atoms with Gasteiger partial charge in [-0.3, -0.25) is 19.8 Å². The molecule has 0 amide bonds. The molecule has 1 fully saturated rings. The van der Waals surface area contributed by atoms with E-state index in [1.54, 1.807) is 30.1 Å². The zero-order chi connectivity index (χ0) is 14.0. The third-order valence-electron chi connectivity index (χ3n) is 3.28. The Balaban J connectivity index is 2.13. The van der Waals surface area contributed by atoms with E-state index in [1.807, 2.05) is 6.92 Å². The highest BCUT2D eigenvalue weighted by Gasteiger charge is 2.35. The quantitative estimate of drug-likeness (QED) is 0.470. The number of nitro groups is 1. The molecule has 102 valence electrons. The molecule has 2 rings (SSSR count). The average molecular weight is 264 g/mol. The minimum Gasteiger partial charge on any atom is -0.461 e. The van der Waals surface area contributed by atoms with Crippen molar-refractivity contribution in [3.63, 3.8) is 0 Å². The smallest absolute Gasteiger partial charge is 0.323 e. The highest BCUT2D eigenvalue weighted by molar-refractivity contribution is 5.77. The number of rotatable bonds is 4. The van der Waals surface area contributed by atoms with Crippen LogP contribution in [0.2, 0.25) is 0 Å². The largest absolute Gasteiger partial charge is 0.461 e. The predicted octanol–water partition coefficient (Wildman–Crippen LogP) is 1.73. The highest BCUT2D eigenvalue weighted by Crippen LogP contribution is 2.24. The van der Waals surface area contributed by atoms with Gasteiger partial charge in [-0.05, 0) is 14.0 Å². The second kappa shape index (κ2) is 5.36. The molecule has 0 radical (unpaired) electrons. The number of carbonyl (C=O) groups excluding carboxylic acids is 1. The van der Waals surface area contributed by atoms with Gasteiger partial charge in [0.05, 0.1) is 4.92 Å². The van der Waals surface area contributed by atoms with E-state index in [0.717, 1.165) is 0 Å². The van der Waals surface area contributed by atoms with Crippen LogP contribution in [0.3, 0.4) is 0 Å². The molecule has 1 aliphatic rings. The maximum absolute atomic E-state index is 11.6. The fraction of sp³-hybridized carbons (Fsp3) is 0.462. The predicted molar refractivity (Wildman–Crippen MR) is 68.5 cm³/mol. The first-order chi connectivity index (χ1) is 8.99. The Morgan fingerprint density at radius 1 is 1.47 bits per heavy atom. The third-order valence-corrected chi connectivity index (χ3v) is 3.28. The highest BCUT2D eigenvalue weighted by atomic mass is 16.6. The summed E-state index contributed by atoms with van der Waals surface area (Å²) >= 11 is 0. The Bertz CT molecular complexity index is 503. The Labute approximate surface area is 111 Å². The van der Waals surface area contributed by atoms with Gasteiger partial charge >= 0.3 is 5.97 Å². The number of nitro benzene ring substituents is 1. The summed E-state index contributed by atoms with van der Waals surface area (Å²) in [5.41, 5.74) is 0.677. The molecular weight excluding hydrogens is 248 g/mol. The molecule has 0 spiro atoms. The van der Waals surface area contributed by atoms with E-state index in [0.29, 0.717) is 18.5 Å². The number of benzene rings is 1. The first kappa shape index (κ1) is 13.5. The Morgan fingerprint density at radius 3 is 2.74 bits per heavy atom. The SMILES string of the molecule is C[C@@H]1C[C@H](N(C)Cc2ccccc2[N+](=O)[O-])C(=O)O1. The number of hydrogen-bond donors (Lipinski definition) is 0. The van der Waals surface area contributed by atoms with Crippen molar-refractivity contribution in [3.05, 3.63) is 39.9 Å². The third kappa shape index (κ3) is 2.90. The van der Waals surface area contributed by atoms with Crippen LogP contribution in [0.4, 0.5) is 5.69 Å². The second-order valence-electron chi connectivity index (χ2n) is 4.80. The van der Waals surface area contributed by atoms with Gasteiger partial charge in [-0.1, -0.05) is 18.2 Å². The lowest BCUT2D eigenvalue weighted by molar-refractivity contribution is -0.385. The topological polar surface area (TPSA) is 72.7 Å². The Hall–Kier alpha value is -1.95. The molecule has 1 aliphatic heterocycles. The van der Waals surface area contributed by atoms with E-state index in [9.17, 15) is 14.9 Å². The zero-order valence-corrected chi connectivity index (χ0v) is 10.9. The van der Waals surface area contributed by atoms with Crippen molar-refractivity contribution in [3.8, 4) is 0 Å². The number of carbonyl (C=O) groups is 1. The molecule has 19 heavy (non-hydrogen) atoms. The molecule has 1 saturated heterocycles. The van der Waals surface area contributed by atoms with Crippen molar-refractivity contribution < 1.29 is 14.5 Å². The van der Waals surface area contributed by atoms with Crippen LogP contribution in [-0.2, 0) is 16.1 Å².